The maximum atomic E-state index is 12.0. The van der Waals surface area contributed by atoms with Gasteiger partial charge in [-0.1, -0.05) is 32.1 Å². The third-order valence-electron chi connectivity index (χ3n) is 4.48. The Kier molecular flexibility index (Phi) is 8.65. The van der Waals surface area contributed by atoms with Gasteiger partial charge < -0.3 is 25.5 Å². The number of nitrogens with two attached hydrogens (primary N) is 1. The van der Waals surface area contributed by atoms with Crippen molar-refractivity contribution in [1.82, 2.24) is 10.6 Å². The van der Waals surface area contributed by atoms with E-state index >= 15 is 0 Å². The van der Waals surface area contributed by atoms with E-state index in [2.05, 4.69) is 31.3 Å². The van der Waals surface area contributed by atoms with Crippen LogP contribution in [0, 0.1) is 5.92 Å². The second-order valence-electron chi connectivity index (χ2n) is 6.71. The van der Waals surface area contributed by atoms with Crippen molar-refractivity contribution in [3.63, 3.8) is 0 Å². The normalized spacial score (nSPS) is 15.5. The molecule has 1 fully saturated rings. The van der Waals surface area contributed by atoms with Gasteiger partial charge in [0.15, 0.2) is 4.67 Å². The number of carbonyl (C=O) groups is 4. The Morgan fingerprint density at radius 3 is 2.50 bits per heavy atom. The molecule has 2 rings (SSSR count). The van der Waals surface area contributed by atoms with E-state index in [1.165, 1.54) is 18.6 Å². The lowest BCUT2D eigenvalue weighted by atomic mass is 9.85. The summed E-state index contributed by atoms with van der Waals surface area (Å²) in [6, 6.07) is 2.15. The maximum Gasteiger partial charge on any atom is 0.381 e. The van der Waals surface area contributed by atoms with Gasteiger partial charge in [0.25, 0.3) is 0 Å². The van der Waals surface area contributed by atoms with E-state index in [1.807, 2.05) is 0 Å². The molecule has 1 aliphatic carbocycles. The number of halogens is 1. The minimum atomic E-state index is -0.966. The minimum Gasteiger partial charge on any atom is -0.442 e. The average molecular weight is 458 g/mol. The predicted octanol–water partition coefficient (Wildman–Crippen LogP) is 1.26. The number of furan rings is 1. The lowest BCUT2D eigenvalue weighted by Gasteiger charge is -2.24. The third-order valence-corrected chi connectivity index (χ3v) is 4.91. The van der Waals surface area contributed by atoms with Gasteiger partial charge in [0.1, 0.15) is 6.54 Å². The largest absolute Gasteiger partial charge is 0.442 e. The van der Waals surface area contributed by atoms with Crippen LogP contribution in [0.2, 0.25) is 0 Å². The van der Waals surface area contributed by atoms with Crippen molar-refractivity contribution in [2.45, 2.75) is 44.6 Å². The summed E-state index contributed by atoms with van der Waals surface area (Å²) < 4.78 is 9.81. The highest BCUT2D eigenvalue weighted by molar-refractivity contribution is 9.10. The highest BCUT2D eigenvalue weighted by Crippen LogP contribution is 2.26. The molecule has 0 unspecified atom stereocenters. The first-order valence-corrected chi connectivity index (χ1v) is 9.94. The molecule has 154 valence electrons. The fraction of sp³-hybridized carbons (Fsp3) is 0.556. The van der Waals surface area contributed by atoms with Crippen molar-refractivity contribution in [3.05, 3.63) is 22.6 Å². The number of ether oxygens (including phenoxy) is 1. The van der Waals surface area contributed by atoms with Crippen molar-refractivity contribution in [2.24, 2.45) is 11.7 Å². The first kappa shape index (κ1) is 22.1. The van der Waals surface area contributed by atoms with Crippen LogP contribution in [0.25, 0.3) is 0 Å². The van der Waals surface area contributed by atoms with E-state index in [4.69, 9.17) is 10.2 Å². The van der Waals surface area contributed by atoms with E-state index in [-0.39, 0.29) is 12.3 Å². The van der Waals surface area contributed by atoms with E-state index in [1.54, 1.807) is 0 Å². The van der Waals surface area contributed by atoms with E-state index in [0.29, 0.717) is 17.0 Å². The number of nitrogens with one attached hydrogen (secondary N) is 2. The van der Waals surface area contributed by atoms with Crippen LogP contribution < -0.4 is 16.4 Å². The fourth-order valence-corrected chi connectivity index (χ4v) is 3.34. The molecule has 1 aromatic rings. The minimum absolute atomic E-state index is 0.147. The number of esters is 2. The molecule has 9 nitrogen and oxygen atoms in total. The Labute approximate surface area is 170 Å². The van der Waals surface area contributed by atoms with Crippen LogP contribution in [0.4, 0.5) is 0 Å². The van der Waals surface area contributed by atoms with Gasteiger partial charge >= 0.3 is 11.9 Å². The van der Waals surface area contributed by atoms with Gasteiger partial charge in [-0.3, -0.25) is 9.59 Å². The third kappa shape index (κ3) is 7.43. The summed E-state index contributed by atoms with van der Waals surface area (Å²) >= 11 is 3.02. The van der Waals surface area contributed by atoms with E-state index < -0.39 is 36.3 Å². The van der Waals surface area contributed by atoms with Crippen molar-refractivity contribution >= 4 is 39.7 Å². The first-order valence-electron chi connectivity index (χ1n) is 9.15. The van der Waals surface area contributed by atoms with Crippen LogP contribution >= 0.6 is 15.9 Å². The zero-order valence-corrected chi connectivity index (χ0v) is 17.0. The Balaban J connectivity index is 1.62. The summed E-state index contributed by atoms with van der Waals surface area (Å²) in [7, 11) is 0. The molecule has 1 heterocycles. The summed E-state index contributed by atoms with van der Waals surface area (Å²) in [5.41, 5.74) is 5.90. The number of hydrogen-bond donors (Lipinski definition) is 3. The average Bonchev–Trinajstić information content (AvgIpc) is 3.11. The molecule has 0 bridgehead atoms. The van der Waals surface area contributed by atoms with Gasteiger partial charge in [-0.15, -0.1) is 0 Å². The highest BCUT2D eigenvalue weighted by atomic mass is 79.9. The Morgan fingerprint density at radius 1 is 1.14 bits per heavy atom. The smallest absolute Gasteiger partial charge is 0.381 e. The Bertz CT molecular complexity index is 714. The number of carbonyl (C=O) groups excluding carboxylic acids is 4. The summed E-state index contributed by atoms with van der Waals surface area (Å²) in [5, 5.41) is 4.71. The molecule has 10 heteroatoms. The van der Waals surface area contributed by atoms with Gasteiger partial charge in [0, 0.05) is 0 Å². The monoisotopic (exact) mass is 457 g/mol. The van der Waals surface area contributed by atoms with Crippen molar-refractivity contribution in [1.29, 1.82) is 0 Å². The Hall–Kier alpha value is -2.20. The summed E-state index contributed by atoms with van der Waals surface area (Å²) in [4.78, 5) is 46.9. The number of hydrogen-bond acceptors (Lipinski definition) is 7. The molecule has 1 saturated carbocycles. The molecule has 2 amide bonds. The van der Waals surface area contributed by atoms with Crippen LogP contribution in [0.3, 0.4) is 0 Å². The van der Waals surface area contributed by atoms with Crippen LogP contribution in [-0.4, -0.2) is 42.9 Å². The second kappa shape index (κ2) is 11.0. The second-order valence-corrected chi connectivity index (χ2v) is 7.49. The van der Waals surface area contributed by atoms with Gasteiger partial charge in [-0.25, -0.2) is 9.59 Å². The first-order chi connectivity index (χ1) is 13.3. The number of rotatable bonds is 8. The SMILES string of the molecule is N[C@@H](CC1CCCCC1)C(=O)NCC(=O)NCC(=O)OC(=O)c1ccc(Br)o1. The molecule has 0 saturated heterocycles. The van der Waals surface area contributed by atoms with Gasteiger partial charge in [-0.05, 0) is 40.4 Å². The molecule has 0 aromatic carbocycles. The summed E-state index contributed by atoms with van der Waals surface area (Å²) in [6.07, 6.45) is 6.32. The Morgan fingerprint density at radius 2 is 1.86 bits per heavy atom. The van der Waals surface area contributed by atoms with E-state index in [9.17, 15) is 19.2 Å². The molecular formula is C18H24BrN3O6. The van der Waals surface area contributed by atoms with Crippen molar-refractivity contribution in [2.75, 3.05) is 13.1 Å². The maximum absolute atomic E-state index is 12.0. The molecule has 1 aliphatic rings. The highest BCUT2D eigenvalue weighted by Gasteiger charge is 2.22. The lowest BCUT2D eigenvalue weighted by Crippen LogP contribution is -2.46. The molecule has 28 heavy (non-hydrogen) atoms. The van der Waals surface area contributed by atoms with E-state index in [0.717, 1.165) is 25.7 Å². The molecule has 1 atom stereocenters. The fourth-order valence-electron chi connectivity index (χ4n) is 3.03. The molecule has 0 spiro atoms. The van der Waals surface area contributed by atoms with Crippen LogP contribution in [-0.2, 0) is 19.1 Å². The molecular weight excluding hydrogens is 434 g/mol. The zero-order chi connectivity index (χ0) is 20.5. The summed E-state index contributed by atoms with van der Waals surface area (Å²) in [6.45, 7) is -0.833. The lowest BCUT2D eigenvalue weighted by molar-refractivity contribution is -0.138. The summed E-state index contributed by atoms with van der Waals surface area (Å²) in [5.74, 6) is -2.61. The van der Waals surface area contributed by atoms with Crippen LogP contribution in [0.15, 0.2) is 21.2 Å². The predicted molar refractivity (Wildman–Crippen MR) is 102 cm³/mol. The number of amides is 2. The van der Waals surface area contributed by atoms with Crippen LogP contribution in [0.5, 0.6) is 0 Å². The molecule has 0 aliphatic heterocycles. The molecule has 4 N–H and O–H groups in total. The topological polar surface area (TPSA) is 141 Å². The van der Waals surface area contributed by atoms with Crippen LogP contribution in [0.1, 0.15) is 49.1 Å². The van der Waals surface area contributed by atoms with Gasteiger partial charge in [-0.2, -0.15) is 0 Å². The zero-order valence-electron chi connectivity index (χ0n) is 15.4. The van der Waals surface area contributed by atoms with Gasteiger partial charge in [0.2, 0.25) is 17.6 Å². The van der Waals surface area contributed by atoms with Crippen molar-refractivity contribution in [3.8, 4) is 0 Å². The quantitative estimate of drug-likeness (QED) is 0.393. The molecule has 1 aromatic heterocycles. The van der Waals surface area contributed by atoms with Crippen molar-refractivity contribution < 1.29 is 28.3 Å². The standard InChI is InChI=1S/C18H24BrN3O6/c19-14-7-6-13(27-14)18(26)28-16(24)10-21-15(23)9-22-17(25)12(20)8-11-4-2-1-3-5-11/h6-7,11-12H,1-5,8-10,20H2,(H,21,23)(H,22,25)/t12-/m0/s1. The molecule has 0 radical (unpaired) electrons. The van der Waals surface area contributed by atoms with Gasteiger partial charge in [0.05, 0.1) is 12.6 Å².